The van der Waals surface area contributed by atoms with Crippen LogP contribution in [0.2, 0.25) is 0 Å². The Morgan fingerprint density at radius 1 is 1.47 bits per heavy atom. The number of benzene rings is 1. The summed E-state index contributed by atoms with van der Waals surface area (Å²) in [4.78, 5) is 10.0. The average Bonchev–Trinajstić information content (AvgIpc) is 2.36. The van der Waals surface area contributed by atoms with Crippen LogP contribution < -0.4 is 10.1 Å². The summed E-state index contributed by atoms with van der Waals surface area (Å²) < 4.78 is 5.49. The maximum Gasteiger partial charge on any atom is 0.269 e. The average molecular weight is 263 g/mol. The Bertz CT molecular complexity index is 479. The molecule has 19 heavy (non-hydrogen) atoms. The molecule has 0 amide bonds. The predicted octanol–water partition coefficient (Wildman–Crippen LogP) is 2.25. The molecule has 1 atom stereocenters. The summed E-state index contributed by atoms with van der Waals surface area (Å²) in [5, 5.41) is 22.8. The maximum atomic E-state index is 10.5. The van der Waals surface area contributed by atoms with Crippen molar-refractivity contribution in [3.63, 3.8) is 0 Å². The van der Waals surface area contributed by atoms with Gasteiger partial charge in [-0.1, -0.05) is 0 Å². The van der Waals surface area contributed by atoms with E-state index in [9.17, 15) is 10.1 Å². The van der Waals surface area contributed by atoms with Crippen molar-refractivity contribution in [2.75, 3.05) is 6.61 Å². The minimum atomic E-state index is -0.796. The molecule has 0 aliphatic heterocycles. The van der Waals surface area contributed by atoms with Crippen molar-refractivity contribution in [3.05, 3.63) is 34.4 Å². The van der Waals surface area contributed by atoms with Gasteiger partial charge in [-0.2, -0.15) is 5.26 Å². The summed E-state index contributed by atoms with van der Waals surface area (Å²) in [7, 11) is 0. The Kier molecular flexibility index (Phi) is 4.84. The van der Waals surface area contributed by atoms with Gasteiger partial charge in [0.25, 0.3) is 5.69 Å². The monoisotopic (exact) mass is 263 g/mol. The first kappa shape index (κ1) is 14.9. The van der Waals surface area contributed by atoms with Crippen molar-refractivity contribution in [2.45, 2.75) is 32.4 Å². The Morgan fingerprint density at radius 2 is 2.05 bits per heavy atom. The molecule has 6 heteroatoms. The van der Waals surface area contributed by atoms with Gasteiger partial charge in [0.1, 0.15) is 17.9 Å². The maximum absolute atomic E-state index is 10.5. The number of rotatable bonds is 6. The van der Waals surface area contributed by atoms with E-state index in [1.165, 1.54) is 24.3 Å². The van der Waals surface area contributed by atoms with Gasteiger partial charge in [0.05, 0.1) is 11.0 Å². The highest BCUT2D eigenvalue weighted by Crippen LogP contribution is 2.18. The van der Waals surface area contributed by atoms with Crippen LogP contribution in [0.25, 0.3) is 0 Å². The number of ether oxygens (including phenoxy) is 1. The van der Waals surface area contributed by atoms with E-state index in [-0.39, 0.29) is 18.3 Å². The molecule has 1 aromatic rings. The lowest BCUT2D eigenvalue weighted by Gasteiger charge is -2.25. The molecule has 0 saturated carbocycles. The van der Waals surface area contributed by atoms with Gasteiger partial charge in [0, 0.05) is 18.2 Å². The third-order valence-electron chi connectivity index (χ3n) is 2.43. The van der Waals surface area contributed by atoms with Crippen LogP contribution in [0.3, 0.4) is 0 Å². The number of hydrogen-bond donors (Lipinski definition) is 1. The molecule has 1 unspecified atom stereocenters. The van der Waals surface area contributed by atoms with Crippen molar-refractivity contribution < 1.29 is 9.66 Å². The van der Waals surface area contributed by atoms with Crippen molar-refractivity contribution >= 4 is 5.69 Å². The van der Waals surface area contributed by atoms with Crippen LogP contribution in [-0.2, 0) is 0 Å². The molecular formula is C13H17N3O3. The van der Waals surface area contributed by atoms with E-state index in [1.807, 2.05) is 13.8 Å². The second-order valence-electron chi connectivity index (χ2n) is 4.78. The van der Waals surface area contributed by atoms with E-state index in [4.69, 9.17) is 10.00 Å². The minimum Gasteiger partial charge on any atom is -0.491 e. The van der Waals surface area contributed by atoms with Gasteiger partial charge in [0.2, 0.25) is 0 Å². The smallest absolute Gasteiger partial charge is 0.269 e. The largest absolute Gasteiger partial charge is 0.491 e. The molecule has 1 N–H and O–H groups in total. The number of nitriles is 1. The fourth-order valence-electron chi connectivity index (χ4n) is 1.64. The minimum absolute atomic E-state index is 0.00991. The number of non-ortho nitro benzene ring substituents is 1. The summed E-state index contributed by atoms with van der Waals surface area (Å²) in [5.74, 6) is 0.498. The second kappa shape index (κ2) is 6.16. The third kappa shape index (κ3) is 4.56. The van der Waals surface area contributed by atoms with E-state index < -0.39 is 10.5 Å². The topological polar surface area (TPSA) is 88.2 Å². The quantitative estimate of drug-likeness (QED) is 0.628. The predicted molar refractivity (Wildman–Crippen MR) is 70.9 cm³/mol. The lowest BCUT2D eigenvalue weighted by molar-refractivity contribution is -0.384. The van der Waals surface area contributed by atoms with Crippen LogP contribution in [0.15, 0.2) is 24.3 Å². The molecule has 0 fully saturated rings. The number of nitrogens with zero attached hydrogens (tertiary/aromatic N) is 2. The summed E-state index contributed by atoms with van der Waals surface area (Å²) in [5.41, 5.74) is -0.786. The molecule has 102 valence electrons. The van der Waals surface area contributed by atoms with Crippen molar-refractivity contribution in [1.29, 1.82) is 5.26 Å². The van der Waals surface area contributed by atoms with Gasteiger partial charge in [0.15, 0.2) is 0 Å². The summed E-state index contributed by atoms with van der Waals surface area (Å²) >= 11 is 0. The van der Waals surface area contributed by atoms with Crippen molar-refractivity contribution in [3.8, 4) is 11.8 Å². The lowest BCUT2D eigenvalue weighted by Crippen LogP contribution is -2.49. The van der Waals surface area contributed by atoms with Crippen LogP contribution in [0, 0.1) is 21.4 Å². The first-order valence-electron chi connectivity index (χ1n) is 5.92. The molecule has 0 aliphatic rings. The first-order chi connectivity index (χ1) is 8.86. The van der Waals surface area contributed by atoms with Gasteiger partial charge < -0.3 is 4.74 Å². The molecule has 0 aromatic heterocycles. The summed E-state index contributed by atoms with van der Waals surface area (Å²) in [6.07, 6.45) is 0. The van der Waals surface area contributed by atoms with Gasteiger partial charge in [-0.05, 0) is 32.9 Å². The Morgan fingerprint density at radius 3 is 2.47 bits per heavy atom. The van der Waals surface area contributed by atoms with E-state index >= 15 is 0 Å². The van der Waals surface area contributed by atoms with E-state index in [0.717, 1.165) is 0 Å². The van der Waals surface area contributed by atoms with Gasteiger partial charge in [-0.15, -0.1) is 0 Å². The third-order valence-corrected chi connectivity index (χ3v) is 2.43. The molecule has 0 spiro atoms. The molecule has 0 heterocycles. The lowest BCUT2D eigenvalue weighted by atomic mass is 10.1. The first-order valence-corrected chi connectivity index (χ1v) is 5.92. The zero-order valence-corrected chi connectivity index (χ0v) is 11.2. The zero-order valence-electron chi connectivity index (χ0n) is 11.2. The molecule has 0 bridgehead atoms. The van der Waals surface area contributed by atoms with Crippen LogP contribution in [0.5, 0.6) is 5.75 Å². The van der Waals surface area contributed by atoms with Crippen LogP contribution in [0.4, 0.5) is 5.69 Å². The molecule has 0 aliphatic carbocycles. The number of nitro groups is 1. The number of hydrogen-bond acceptors (Lipinski definition) is 5. The Balaban J connectivity index is 2.65. The fourth-order valence-corrected chi connectivity index (χ4v) is 1.64. The SMILES string of the molecule is CC(C)NC(C)(C#N)COc1ccc([N+](=O)[O-])cc1. The van der Waals surface area contributed by atoms with Gasteiger partial charge >= 0.3 is 0 Å². The normalized spacial score (nSPS) is 13.6. The Labute approximate surface area is 112 Å². The molecule has 0 saturated heterocycles. The van der Waals surface area contributed by atoms with Gasteiger partial charge in [-0.3, -0.25) is 15.4 Å². The van der Waals surface area contributed by atoms with Gasteiger partial charge in [-0.25, -0.2) is 0 Å². The van der Waals surface area contributed by atoms with Crippen LogP contribution in [-0.4, -0.2) is 23.1 Å². The molecule has 0 radical (unpaired) electrons. The molecule has 6 nitrogen and oxygen atoms in total. The zero-order chi connectivity index (χ0) is 14.5. The van der Waals surface area contributed by atoms with Crippen LogP contribution in [0.1, 0.15) is 20.8 Å². The van der Waals surface area contributed by atoms with Crippen LogP contribution >= 0.6 is 0 Å². The van der Waals surface area contributed by atoms with E-state index in [1.54, 1.807) is 6.92 Å². The highest BCUT2D eigenvalue weighted by Gasteiger charge is 2.25. The van der Waals surface area contributed by atoms with Crippen molar-refractivity contribution in [1.82, 2.24) is 5.32 Å². The summed E-state index contributed by atoms with van der Waals surface area (Å²) in [6.45, 7) is 5.81. The highest BCUT2D eigenvalue weighted by molar-refractivity contribution is 5.36. The fraction of sp³-hybridized carbons (Fsp3) is 0.462. The second-order valence-corrected chi connectivity index (χ2v) is 4.78. The number of nitro benzene ring substituents is 1. The van der Waals surface area contributed by atoms with Crippen molar-refractivity contribution in [2.24, 2.45) is 0 Å². The number of nitrogens with one attached hydrogen (secondary N) is 1. The van der Waals surface area contributed by atoms with E-state index in [2.05, 4.69) is 11.4 Å². The summed E-state index contributed by atoms with van der Waals surface area (Å²) in [6, 6.07) is 8.10. The molecular weight excluding hydrogens is 246 g/mol. The van der Waals surface area contributed by atoms with E-state index in [0.29, 0.717) is 5.75 Å². The highest BCUT2D eigenvalue weighted by atomic mass is 16.6. The Hall–Kier alpha value is -2.13. The molecule has 1 rings (SSSR count). The molecule has 1 aromatic carbocycles. The standard InChI is InChI=1S/C13H17N3O3/c1-10(2)15-13(3,8-14)9-19-12-6-4-11(5-7-12)16(17)18/h4-7,10,15H,9H2,1-3H3.